The lowest BCUT2D eigenvalue weighted by Gasteiger charge is -2.28. The van der Waals surface area contributed by atoms with E-state index in [0.29, 0.717) is 23.1 Å². The molecule has 162 valence electrons. The van der Waals surface area contributed by atoms with Crippen LogP contribution in [0, 0.1) is 6.92 Å². The number of hydrogen-bond acceptors (Lipinski definition) is 6. The molecular weight excluding hydrogens is 418 g/mol. The third-order valence-corrected chi connectivity index (χ3v) is 7.33. The standard InChI is InChI=1S/C23H23NO6S/c1-15-4-3-5-19-20(25)12-21(30-22(15)19)23(26)24(17-10-11-31(27,28)14-17)13-16-6-8-18(29-2)9-7-16/h3-9,12,17H,10-11,13-14H2,1-2H3. The smallest absolute Gasteiger partial charge is 0.290 e. The zero-order valence-electron chi connectivity index (χ0n) is 17.3. The van der Waals surface area contributed by atoms with Gasteiger partial charge in [-0.3, -0.25) is 9.59 Å². The first kappa shape index (κ1) is 21.1. The summed E-state index contributed by atoms with van der Waals surface area (Å²) in [6, 6.07) is 13.1. The maximum absolute atomic E-state index is 13.5. The number of carbonyl (C=O) groups is 1. The molecule has 7 nitrogen and oxygen atoms in total. The van der Waals surface area contributed by atoms with Crippen LogP contribution in [-0.2, 0) is 16.4 Å². The molecule has 4 rings (SSSR count). The predicted octanol–water partition coefficient (Wildman–Crippen LogP) is 2.94. The van der Waals surface area contributed by atoms with Gasteiger partial charge in [-0.1, -0.05) is 24.3 Å². The summed E-state index contributed by atoms with van der Waals surface area (Å²) in [6.07, 6.45) is 0.348. The fourth-order valence-corrected chi connectivity index (χ4v) is 5.61. The van der Waals surface area contributed by atoms with Crippen LogP contribution < -0.4 is 10.2 Å². The van der Waals surface area contributed by atoms with Gasteiger partial charge in [-0.15, -0.1) is 0 Å². The first-order valence-electron chi connectivity index (χ1n) is 9.95. The van der Waals surface area contributed by atoms with Crippen LogP contribution in [0.5, 0.6) is 5.75 Å². The number of hydrogen-bond donors (Lipinski definition) is 0. The molecular formula is C23H23NO6S. The number of amides is 1. The van der Waals surface area contributed by atoms with E-state index in [-0.39, 0.29) is 29.2 Å². The number of rotatable bonds is 5. The van der Waals surface area contributed by atoms with E-state index in [1.165, 1.54) is 11.0 Å². The first-order valence-corrected chi connectivity index (χ1v) is 11.8. The van der Waals surface area contributed by atoms with Gasteiger partial charge in [0.25, 0.3) is 5.91 Å². The maximum atomic E-state index is 13.5. The average molecular weight is 442 g/mol. The van der Waals surface area contributed by atoms with Crippen LogP contribution in [0.2, 0.25) is 0 Å². The van der Waals surface area contributed by atoms with Gasteiger partial charge in [0.1, 0.15) is 11.3 Å². The second-order valence-electron chi connectivity index (χ2n) is 7.76. The SMILES string of the molecule is COc1ccc(CN(C(=O)c2cc(=O)c3cccc(C)c3o2)C2CCS(=O)(=O)C2)cc1. The normalized spacial score (nSPS) is 17.5. The van der Waals surface area contributed by atoms with Crippen molar-refractivity contribution in [2.75, 3.05) is 18.6 Å². The molecule has 3 aromatic rings. The number of ether oxygens (including phenoxy) is 1. The van der Waals surface area contributed by atoms with Gasteiger partial charge >= 0.3 is 0 Å². The Kier molecular flexibility index (Phi) is 5.58. The minimum absolute atomic E-state index is 0.0326. The molecule has 31 heavy (non-hydrogen) atoms. The lowest BCUT2D eigenvalue weighted by atomic mass is 10.1. The van der Waals surface area contributed by atoms with Crippen molar-refractivity contribution < 1.29 is 22.4 Å². The third kappa shape index (κ3) is 4.34. The van der Waals surface area contributed by atoms with Gasteiger partial charge in [-0.25, -0.2) is 8.42 Å². The van der Waals surface area contributed by atoms with Crippen LogP contribution in [-0.4, -0.2) is 43.9 Å². The predicted molar refractivity (Wildman–Crippen MR) is 117 cm³/mol. The van der Waals surface area contributed by atoms with Gasteiger partial charge in [0.15, 0.2) is 21.0 Å². The molecule has 0 N–H and O–H groups in total. The van der Waals surface area contributed by atoms with Gasteiger partial charge in [-0.2, -0.15) is 0 Å². The summed E-state index contributed by atoms with van der Waals surface area (Å²) in [5.74, 6) is 0.0159. The molecule has 1 saturated heterocycles. The number of benzene rings is 2. The lowest BCUT2D eigenvalue weighted by molar-refractivity contribution is 0.0648. The largest absolute Gasteiger partial charge is 0.497 e. The van der Waals surface area contributed by atoms with E-state index in [9.17, 15) is 18.0 Å². The summed E-state index contributed by atoms with van der Waals surface area (Å²) in [6.45, 7) is 2.00. The van der Waals surface area contributed by atoms with Crippen molar-refractivity contribution in [3.63, 3.8) is 0 Å². The summed E-state index contributed by atoms with van der Waals surface area (Å²) in [7, 11) is -1.65. The molecule has 0 bridgehead atoms. The monoisotopic (exact) mass is 441 g/mol. The van der Waals surface area contributed by atoms with Crippen LogP contribution in [0.1, 0.15) is 28.1 Å². The fourth-order valence-electron chi connectivity index (χ4n) is 3.88. The Hall–Kier alpha value is -3.13. The van der Waals surface area contributed by atoms with E-state index < -0.39 is 21.8 Å². The Morgan fingerprint density at radius 2 is 1.94 bits per heavy atom. The quantitative estimate of drug-likeness (QED) is 0.604. The Balaban J connectivity index is 1.73. The van der Waals surface area contributed by atoms with E-state index in [0.717, 1.165) is 11.1 Å². The second kappa shape index (κ2) is 8.19. The molecule has 0 saturated carbocycles. The van der Waals surface area contributed by atoms with Gasteiger partial charge in [0.2, 0.25) is 0 Å². The van der Waals surface area contributed by atoms with E-state index >= 15 is 0 Å². The van der Waals surface area contributed by atoms with Crippen molar-refractivity contribution in [2.24, 2.45) is 0 Å². The topological polar surface area (TPSA) is 93.9 Å². The molecule has 1 aliphatic heterocycles. The van der Waals surface area contributed by atoms with Gasteiger partial charge < -0.3 is 14.1 Å². The Morgan fingerprint density at radius 3 is 2.58 bits per heavy atom. The Morgan fingerprint density at radius 1 is 1.19 bits per heavy atom. The van der Waals surface area contributed by atoms with Gasteiger partial charge in [0.05, 0.1) is 24.0 Å². The van der Waals surface area contributed by atoms with Crippen molar-refractivity contribution in [1.29, 1.82) is 0 Å². The number of aryl methyl sites for hydroxylation is 1. The molecule has 0 spiro atoms. The number of para-hydroxylation sites is 1. The molecule has 1 fully saturated rings. The molecule has 8 heteroatoms. The van der Waals surface area contributed by atoms with Crippen molar-refractivity contribution >= 4 is 26.7 Å². The Bertz CT molecular complexity index is 1290. The second-order valence-corrected chi connectivity index (χ2v) is 9.99. The molecule has 2 aromatic carbocycles. The molecule has 1 amide bonds. The average Bonchev–Trinajstić information content (AvgIpc) is 3.12. The number of carbonyl (C=O) groups excluding carboxylic acids is 1. The third-order valence-electron chi connectivity index (χ3n) is 5.58. The highest BCUT2D eigenvalue weighted by atomic mass is 32.2. The van der Waals surface area contributed by atoms with Crippen molar-refractivity contribution in [3.05, 3.63) is 75.6 Å². The highest BCUT2D eigenvalue weighted by molar-refractivity contribution is 7.91. The zero-order valence-corrected chi connectivity index (χ0v) is 18.1. The number of fused-ring (bicyclic) bond motifs is 1. The van der Waals surface area contributed by atoms with Crippen LogP contribution in [0.15, 0.2) is 57.7 Å². The zero-order chi connectivity index (χ0) is 22.2. The molecule has 0 aliphatic carbocycles. The van der Waals surface area contributed by atoms with E-state index in [1.54, 1.807) is 44.4 Å². The minimum atomic E-state index is -3.21. The lowest BCUT2D eigenvalue weighted by Crippen LogP contribution is -2.40. The fraction of sp³-hybridized carbons (Fsp3) is 0.304. The van der Waals surface area contributed by atoms with Crippen LogP contribution >= 0.6 is 0 Å². The van der Waals surface area contributed by atoms with E-state index in [4.69, 9.17) is 9.15 Å². The van der Waals surface area contributed by atoms with Crippen molar-refractivity contribution in [1.82, 2.24) is 4.90 Å². The van der Waals surface area contributed by atoms with Crippen molar-refractivity contribution in [2.45, 2.75) is 25.9 Å². The summed E-state index contributed by atoms with van der Waals surface area (Å²) >= 11 is 0. The maximum Gasteiger partial charge on any atom is 0.290 e. The Labute approximate surface area is 180 Å². The van der Waals surface area contributed by atoms with Crippen LogP contribution in [0.3, 0.4) is 0 Å². The molecule has 2 heterocycles. The molecule has 1 aliphatic rings. The van der Waals surface area contributed by atoms with E-state index in [2.05, 4.69) is 0 Å². The minimum Gasteiger partial charge on any atom is -0.497 e. The summed E-state index contributed by atoms with van der Waals surface area (Å²) in [5.41, 5.74) is 1.62. The molecule has 1 unspecified atom stereocenters. The molecule has 1 aromatic heterocycles. The van der Waals surface area contributed by atoms with Crippen molar-refractivity contribution in [3.8, 4) is 5.75 Å². The van der Waals surface area contributed by atoms with Crippen LogP contribution in [0.25, 0.3) is 11.0 Å². The molecule has 0 radical (unpaired) electrons. The molecule has 1 atom stereocenters. The summed E-state index contributed by atoms with van der Waals surface area (Å²) in [5, 5.41) is 0.404. The number of methoxy groups -OCH3 is 1. The van der Waals surface area contributed by atoms with Crippen LogP contribution in [0.4, 0.5) is 0 Å². The van der Waals surface area contributed by atoms with Gasteiger partial charge in [-0.05, 0) is 42.7 Å². The van der Waals surface area contributed by atoms with Gasteiger partial charge in [0, 0.05) is 18.7 Å². The number of nitrogens with zero attached hydrogens (tertiary/aromatic N) is 1. The summed E-state index contributed by atoms with van der Waals surface area (Å²) < 4.78 is 35.2. The first-order chi connectivity index (χ1) is 14.8. The highest BCUT2D eigenvalue weighted by Crippen LogP contribution is 2.24. The summed E-state index contributed by atoms with van der Waals surface area (Å²) in [4.78, 5) is 27.5. The van der Waals surface area contributed by atoms with E-state index in [1.807, 2.05) is 12.1 Å². The number of sulfone groups is 1. The highest BCUT2D eigenvalue weighted by Gasteiger charge is 2.36.